The second-order valence-electron chi connectivity index (χ2n) is 5.01. The van der Waals surface area contributed by atoms with Crippen molar-refractivity contribution < 1.29 is 18.7 Å². The maximum Gasteiger partial charge on any atom is 0.338 e. The molecular formula is C17H15N3O4. The smallest absolute Gasteiger partial charge is 0.338 e. The molecule has 0 aliphatic heterocycles. The summed E-state index contributed by atoms with van der Waals surface area (Å²) >= 11 is 0. The van der Waals surface area contributed by atoms with E-state index in [2.05, 4.69) is 10.4 Å². The summed E-state index contributed by atoms with van der Waals surface area (Å²) in [6.07, 6.45) is 4.64. The van der Waals surface area contributed by atoms with Gasteiger partial charge in [0.1, 0.15) is 0 Å². The Labute approximate surface area is 137 Å². The molecule has 0 unspecified atom stereocenters. The van der Waals surface area contributed by atoms with Crippen LogP contribution in [-0.4, -0.2) is 28.8 Å². The number of hydrogen-bond acceptors (Lipinski definition) is 5. The molecule has 7 nitrogen and oxygen atoms in total. The molecule has 24 heavy (non-hydrogen) atoms. The van der Waals surface area contributed by atoms with Gasteiger partial charge in [-0.05, 0) is 23.8 Å². The van der Waals surface area contributed by atoms with Crippen molar-refractivity contribution in [3.05, 3.63) is 71.9 Å². The van der Waals surface area contributed by atoms with Gasteiger partial charge in [0.25, 0.3) is 5.91 Å². The molecule has 2 aromatic heterocycles. The number of nitrogens with zero attached hydrogens (tertiary/aromatic N) is 2. The van der Waals surface area contributed by atoms with E-state index in [1.807, 2.05) is 12.1 Å². The summed E-state index contributed by atoms with van der Waals surface area (Å²) in [6.45, 7) is 0.377. The van der Waals surface area contributed by atoms with Crippen LogP contribution in [-0.2, 0) is 11.3 Å². The molecule has 1 N–H and O–H groups in total. The molecule has 1 aromatic carbocycles. The Balaban J connectivity index is 1.73. The van der Waals surface area contributed by atoms with Crippen molar-refractivity contribution in [2.75, 3.05) is 12.4 Å². The topological polar surface area (TPSA) is 86.4 Å². The number of hydrogen-bond donors (Lipinski definition) is 1. The lowest BCUT2D eigenvalue weighted by molar-refractivity contribution is 0.0599. The van der Waals surface area contributed by atoms with Gasteiger partial charge in [0.15, 0.2) is 5.76 Å². The fourth-order valence-corrected chi connectivity index (χ4v) is 2.26. The standard InChI is InChI=1S/C17H15N3O4/c1-23-17(22)14-6-3-2-5-12(14)10-20-11-13(9-18-20)19-16(21)15-7-4-8-24-15/h2-9,11H,10H2,1H3,(H,19,21). The van der Waals surface area contributed by atoms with E-state index in [0.717, 1.165) is 5.56 Å². The van der Waals surface area contributed by atoms with Crippen LogP contribution < -0.4 is 5.32 Å². The van der Waals surface area contributed by atoms with Gasteiger partial charge in [-0.25, -0.2) is 4.79 Å². The van der Waals surface area contributed by atoms with Crippen LogP contribution >= 0.6 is 0 Å². The van der Waals surface area contributed by atoms with Crippen LogP contribution in [0.4, 0.5) is 5.69 Å². The lowest BCUT2D eigenvalue weighted by atomic mass is 10.1. The van der Waals surface area contributed by atoms with Crippen LogP contribution in [0.2, 0.25) is 0 Å². The van der Waals surface area contributed by atoms with Gasteiger partial charge in [-0.3, -0.25) is 9.48 Å². The van der Waals surface area contributed by atoms with E-state index in [-0.39, 0.29) is 11.7 Å². The van der Waals surface area contributed by atoms with Crippen LogP contribution in [0.1, 0.15) is 26.5 Å². The second-order valence-corrected chi connectivity index (χ2v) is 5.01. The van der Waals surface area contributed by atoms with Gasteiger partial charge in [-0.2, -0.15) is 5.10 Å². The molecule has 0 aliphatic carbocycles. The molecule has 0 radical (unpaired) electrons. The summed E-state index contributed by atoms with van der Waals surface area (Å²) < 4.78 is 11.4. The highest BCUT2D eigenvalue weighted by atomic mass is 16.5. The molecule has 0 spiro atoms. The van der Waals surface area contributed by atoms with E-state index in [1.54, 1.807) is 35.1 Å². The number of aromatic nitrogens is 2. The van der Waals surface area contributed by atoms with Crippen molar-refractivity contribution in [1.29, 1.82) is 0 Å². The summed E-state index contributed by atoms with van der Waals surface area (Å²) in [5.41, 5.74) is 1.79. The first-order chi connectivity index (χ1) is 11.7. The third-order valence-corrected chi connectivity index (χ3v) is 3.39. The Morgan fingerprint density at radius 3 is 2.83 bits per heavy atom. The number of ether oxygens (including phenoxy) is 1. The molecule has 0 bridgehead atoms. The van der Waals surface area contributed by atoms with Gasteiger partial charge < -0.3 is 14.5 Å². The Kier molecular flexibility index (Phi) is 4.42. The van der Waals surface area contributed by atoms with E-state index < -0.39 is 5.97 Å². The highest BCUT2D eigenvalue weighted by molar-refractivity contribution is 6.02. The zero-order valence-electron chi connectivity index (χ0n) is 12.9. The van der Waals surface area contributed by atoms with E-state index in [1.165, 1.54) is 19.6 Å². The number of carbonyl (C=O) groups is 2. The van der Waals surface area contributed by atoms with E-state index in [0.29, 0.717) is 17.8 Å². The van der Waals surface area contributed by atoms with Gasteiger partial charge >= 0.3 is 5.97 Å². The summed E-state index contributed by atoms with van der Waals surface area (Å²) in [6, 6.07) is 10.4. The number of benzene rings is 1. The van der Waals surface area contributed by atoms with Crippen LogP contribution in [0.25, 0.3) is 0 Å². The van der Waals surface area contributed by atoms with Crippen LogP contribution in [0.3, 0.4) is 0 Å². The minimum atomic E-state index is -0.399. The summed E-state index contributed by atoms with van der Waals surface area (Å²) in [4.78, 5) is 23.7. The first-order valence-corrected chi connectivity index (χ1v) is 7.21. The summed E-state index contributed by atoms with van der Waals surface area (Å²) in [5.74, 6) is -0.530. The molecule has 2 heterocycles. The van der Waals surface area contributed by atoms with Crippen LogP contribution in [0.5, 0.6) is 0 Å². The zero-order chi connectivity index (χ0) is 16.9. The normalized spacial score (nSPS) is 10.4. The quantitative estimate of drug-likeness (QED) is 0.729. The number of carbonyl (C=O) groups excluding carboxylic acids is 2. The molecule has 0 saturated carbocycles. The number of nitrogens with one attached hydrogen (secondary N) is 1. The predicted molar refractivity (Wildman–Crippen MR) is 85.8 cm³/mol. The molecule has 0 fully saturated rings. The minimum absolute atomic E-state index is 0.221. The van der Waals surface area contributed by atoms with Gasteiger partial charge in [-0.1, -0.05) is 18.2 Å². The largest absolute Gasteiger partial charge is 0.465 e. The molecule has 0 saturated heterocycles. The molecule has 0 aliphatic rings. The highest BCUT2D eigenvalue weighted by Gasteiger charge is 2.13. The maximum absolute atomic E-state index is 11.9. The number of furan rings is 1. The number of rotatable bonds is 5. The van der Waals surface area contributed by atoms with Crippen LogP contribution in [0, 0.1) is 0 Å². The van der Waals surface area contributed by atoms with Crippen molar-refractivity contribution in [2.45, 2.75) is 6.54 Å². The SMILES string of the molecule is COC(=O)c1ccccc1Cn1cc(NC(=O)c2ccco2)cn1. The summed E-state index contributed by atoms with van der Waals surface area (Å²) in [7, 11) is 1.34. The van der Waals surface area contributed by atoms with Crippen LogP contribution in [0.15, 0.2) is 59.5 Å². The highest BCUT2D eigenvalue weighted by Crippen LogP contribution is 2.14. The van der Waals surface area contributed by atoms with Crippen molar-refractivity contribution in [3.63, 3.8) is 0 Å². The molecule has 3 aromatic rings. The Morgan fingerprint density at radius 1 is 1.25 bits per heavy atom. The van der Waals surface area contributed by atoms with Gasteiger partial charge in [-0.15, -0.1) is 0 Å². The second kappa shape index (κ2) is 6.82. The number of methoxy groups -OCH3 is 1. The molecule has 7 heteroatoms. The lowest BCUT2D eigenvalue weighted by Gasteiger charge is -2.07. The first kappa shape index (κ1) is 15.5. The van der Waals surface area contributed by atoms with Crippen molar-refractivity contribution in [3.8, 4) is 0 Å². The number of amides is 1. The molecule has 3 rings (SSSR count). The fraction of sp³-hybridized carbons (Fsp3) is 0.118. The third-order valence-electron chi connectivity index (χ3n) is 3.39. The zero-order valence-corrected chi connectivity index (χ0v) is 12.9. The van der Waals surface area contributed by atoms with Crippen molar-refractivity contribution in [2.24, 2.45) is 0 Å². The van der Waals surface area contributed by atoms with Gasteiger partial charge in [0.05, 0.1) is 37.4 Å². The Morgan fingerprint density at radius 2 is 2.08 bits per heavy atom. The average molecular weight is 325 g/mol. The van der Waals surface area contributed by atoms with Crippen molar-refractivity contribution >= 4 is 17.6 Å². The molecule has 1 amide bonds. The number of anilines is 1. The van der Waals surface area contributed by atoms with E-state index in [9.17, 15) is 9.59 Å². The Bertz CT molecular complexity index is 852. The molecule has 122 valence electrons. The maximum atomic E-state index is 11.9. The average Bonchev–Trinajstić information content (AvgIpc) is 3.27. The van der Waals surface area contributed by atoms with Crippen molar-refractivity contribution in [1.82, 2.24) is 9.78 Å². The predicted octanol–water partition coefficient (Wildman–Crippen LogP) is 2.56. The Hall–Kier alpha value is -3.35. The molecule has 0 atom stereocenters. The van der Waals surface area contributed by atoms with Gasteiger partial charge in [0, 0.05) is 6.20 Å². The van der Waals surface area contributed by atoms with E-state index in [4.69, 9.17) is 9.15 Å². The third kappa shape index (κ3) is 3.35. The summed E-state index contributed by atoms with van der Waals surface area (Å²) in [5, 5.41) is 6.88. The lowest BCUT2D eigenvalue weighted by Crippen LogP contribution is -2.10. The first-order valence-electron chi connectivity index (χ1n) is 7.21. The number of esters is 1. The fourth-order valence-electron chi connectivity index (χ4n) is 2.26. The molecular weight excluding hydrogens is 310 g/mol. The van der Waals surface area contributed by atoms with E-state index >= 15 is 0 Å². The van der Waals surface area contributed by atoms with Gasteiger partial charge in [0.2, 0.25) is 0 Å². The minimum Gasteiger partial charge on any atom is -0.465 e. The monoisotopic (exact) mass is 325 g/mol.